The van der Waals surface area contributed by atoms with E-state index in [0.29, 0.717) is 0 Å². The molecule has 9 nitrogen and oxygen atoms in total. The molecular weight excluding hydrogens is 248 g/mol. The normalized spacial score (nSPS) is 38.8. The van der Waals surface area contributed by atoms with Gasteiger partial charge in [-0.3, -0.25) is 4.84 Å². The van der Waals surface area contributed by atoms with Crippen molar-refractivity contribution in [2.24, 2.45) is 5.16 Å². The molecule has 0 N–H and O–H groups in total. The molecule has 0 aromatic rings. The first-order valence-electron chi connectivity index (χ1n) is 5.26. The van der Waals surface area contributed by atoms with Gasteiger partial charge < -0.3 is 29.1 Å². The van der Waals surface area contributed by atoms with Crippen LogP contribution >= 0.6 is 0 Å². The molecule has 9 heteroatoms. The van der Waals surface area contributed by atoms with Crippen molar-refractivity contribution in [3.8, 4) is 0 Å². The summed E-state index contributed by atoms with van der Waals surface area (Å²) in [5.41, 5.74) is 0. The van der Waals surface area contributed by atoms with Crippen LogP contribution in [0.4, 0.5) is 0 Å². The maximum atomic E-state index is 10.8. The van der Waals surface area contributed by atoms with E-state index >= 15 is 0 Å². The van der Waals surface area contributed by atoms with E-state index in [-0.39, 0.29) is 0 Å². The SMILES string of the molecule is CO[C@H]1O[C@@H]2C([N+](=O)[O-])=NO[C@@H]2[C@H](OC)[C@H]1OC. The maximum Gasteiger partial charge on any atom is 0.418 e. The summed E-state index contributed by atoms with van der Waals surface area (Å²) < 4.78 is 21.0. The first-order chi connectivity index (χ1) is 8.63. The Morgan fingerprint density at radius 2 is 1.89 bits per heavy atom. The molecule has 0 aromatic heterocycles. The van der Waals surface area contributed by atoms with E-state index in [2.05, 4.69) is 5.16 Å². The Hall–Kier alpha value is -1.29. The average molecular weight is 262 g/mol. The largest absolute Gasteiger partial charge is 0.418 e. The van der Waals surface area contributed by atoms with Gasteiger partial charge in [0.25, 0.3) is 0 Å². The van der Waals surface area contributed by atoms with Crippen LogP contribution in [-0.2, 0) is 23.8 Å². The maximum absolute atomic E-state index is 10.8. The standard InChI is InChI=1S/C9H14N2O7/c1-14-4-5-6(8(10-18-5)11(12)13)17-9(16-3)7(4)15-2/h4-7,9H,1-3H3/t4-,5+,6-,7+,9-/m0/s1. The number of rotatable bonds is 3. The van der Waals surface area contributed by atoms with Crippen LogP contribution in [0.5, 0.6) is 0 Å². The fourth-order valence-electron chi connectivity index (χ4n) is 2.14. The molecule has 2 aliphatic rings. The fourth-order valence-corrected chi connectivity index (χ4v) is 2.14. The zero-order valence-electron chi connectivity index (χ0n) is 10.1. The molecule has 2 heterocycles. The Labute approximate surface area is 103 Å². The summed E-state index contributed by atoms with van der Waals surface area (Å²) in [6, 6.07) is 0. The summed E-state index contributed by atoms with van der Waals surface area (Å²) in [7, 11) is 4.35. The highest BCUT2D eigenvalue weighted by Gasteiger charge is 2.58. The summed E-state index contributed by atoms with van der Waals surface area (Å²) in [5, 5.41) is 14.2. The lowest BCUT2D eigenvalue weighted by Gasteiger charge is -2.38. The molecule has 1 saturated heterocycles. The minimum atomic E-state index is -0.929. The number of fused-ring (bicyclic) bond motifs is 1. The highest BCUT2D eigenvalue weighted by atomic mass is 16.7. The number of nitrogens with zero attached hydrogens (tertiary/aromatic N) is 2. The Kier molecular flexibility index (Phi) is 3.76. The predicted octanol–water partition coefficient (Wildman–Crippen LogP) is -0.623. The lowest BCUT2D eigenvalue weighted by atomic mass is 9.98. The van der Waals surface area contributed by atoms with Gasteiger partial charge >= 0.3 is 5.84 Å². The summed E-state index contributed by atoms with van der Waals surface area (Å²) in [4.78, 5) is 15.2. The molecule has 0 amide bonds. The van der Waals surface area contributed by atoms with E-state index < -0.39 is 41.5 Å². The predicted molar refractivity (Wildman–Crippen MR) is 56.6 cm³/mol. The van der Waals surface area contributed by atoms with Gasteiger partial charge in [-0.1, -0.05) is 0 Å². The van der Waals surface area contributed by atoms with E-state index in [1.165, 1.54) is 21.3 Å². The first-order valence-corrected chi connectivity index (χ1v) is 5.26. The molecule has 2 rings (SSSR count). The summed E-state index contributed by atoms with van der Waals surface area (Å²) in [6.45, 7) is 0. The molecule has 18 heavy (non-hydrogen) atoms. The van der Waals surface area contributed by atoms with E-state index in [4.69, 9.17) is 23.8 Å². The second-order valence-electron chi connectivity index (χ2n) is 3.84. The minimum absolute atomic E-state index is 0.390. The zero-order valence-corrected chi connectivity index (χ0v) is 10.1. The first kappa shape index (κ1) is 13.1. The van der Waals surface area contributed by atoms with Crippen LogP contribution < -0.4 is 0 Å². The highest BCUT2D eigenvalue weighted by Crippen LogP contribution is 2.31. The van der Waals surface area contributed by atoms with Gasteiger partial charge in [-0.05, 0) is 4.92 Å². The molecule has 0 bridgehead atoms. The van der Waals surface area contributed by atoms with Crippen molar-refractivity contribution < 1.29 is 28.7 Å². The molecular formula is C9H14N2O7. The van der Waals surface area contributed by atoms with Gasteiger partial charge in [0.1, 0.15) is 12.2 Å². The Balaban J connectivity index is 2.24. The average Bonchev–Trinajstić information content (AvgIpc) is 2.79. The number of methoxy groups -OCH3 is 3. The summed E-state index contributed by atoms with van der Waals surface area (Å²) in [5.74, 6) is -0.390. The van der Waals surface area contributed by atoms with Gasteiger partial charge in [-0.25, -0.2) is 0 Å². The Bertz CT molecular complexity index is 361. The van der Waals surface area contributed by atoms with Crippen molar-refractivity contribution in [2.45, 2.75) is 30.7 Å². The third-order valence-electron chi connectivity index (χ3n) is 2.98. The lowest BCUT2D eigenvalue weighted by Crippen LogP contribution is -2.60. The van der Waals surface area contributed by atoms with Crippen molar-refractivity contribution in [1.29, 1.82) is 0 Å². The number of ether oxygens (including phenoxy) is 4. The van der Waals surface area contributed by atoms with Crippen LogP contribution in [0.25, 0.3) is 0 Å². The third kappa shape index (κ3) is 1.94. The molecule has 0 saturated carbocycles. The fraction of sp³-hybridized carbons (Fsp3) is 0.889. The van der Waals surface area contributed by atoms with E-state index in [9.17, 15) is 10.1 Å². The van der Waals surface area contributed by atoms with E-state index in [1.54, 1.807) is 0 Å². The third-order valence-corrected chi connectivity index (χ3v) is 2.98. The van der Waals surface area contributed by atoms with Crippen LogP contribution in [-0.4, -0.2) is 62.8 Å². The van der Waals surface area contributed by atoms with Crippen LogP contribution in [0.15, 0.2) is 5.16 Å². The van der Waals surface area contributed by atoms with Gasteiger partial charge in [0, 0.05) is 21.3 Å². The topological polar surface area (TPSA) is 102 Å². The van der Waals surface area contributed by atoms with Crippen molar-refractivity contribution in [2.75, 3.05) is 21.3 Å². The van der Waals surface area contributed by atoms with Crippen molar-refractivity contribution in [3.63, 3.8) is 0 Å². The second-order valence-corrected chi connectivity index (χ2v) is 3.84. The van der Waals surface area contributed by atoms with Crippen LogP contribution in [0.2, 0.25) is 0 Å². The number of oxime groups is 1. The Morgan fingerprint density at radius 3 is 2.39 bits per heavy atom. The van der Waals surface area contributed by atoms with Crippen molar-refractivity contribution in [3.05, 3.63) is 10.1 Å². The number of amidine groups is 1. The van der Waals surface area contributed by atoms with Crippen LogP contribution in [0.3, 0.4) is 0 Å². The minimum Gasteiger partial charge on any atom is -0.374 e. The van der Waals surface area contributed by atoms with Crippen LogP contribution in [0, 0.1) is 10.1 Å². The van der Waals surface area contributed by atoms with E-state index in [1.807, 2.05) is 0 Å². The van der Waals surface area contributed by atoms with Gasteiger partial charge in [0.2, 0.25) is 12.2 Å². The van der Waals surface area contributed by atoms with Gasteiger partial charge in [-0.2, -0.15) is 0 Å². The van der Waals surface area contributed by atoms with Gasteiger partial charge in [-0.15, -0.1) is 0 Å². The zero-order chi connectivity index (χ0) is 13.3. The molecule has 1 fully saturated rings. The molecule has 0 spiro atoms. The Morgan fingerprint density at radius 1 is 1.22 bits per heavy atom. The molecule has 5 atom stereocenters. The molecule has 102 valence electrons. The summed E-state index contributed by atoms with van der Waals surface area (Å²) in [6.07, 6.45) is -3.55. The molecule has 0 aromatic carbocycles. The van der Waals surface area contributed by atoms with Crippen molar-refractivity contribution >= 4 is 5.84 Å². The molecule has 0 unspecified atom stereocenters. The van der Waals surface area contributed by atoms with E-state index in [0.717, 1.165) is 0 Å². The number of hydrogen-bond donors (Lipinski definition) is 0. The van der Waals surface area contributed by atoms with Gasteiger partial charge in [0.05, 0.1) is 0 Å². The number of nitro groups is 1. The summed E-state index contributed by atoms with van der Waals surface area (Å²) >= 11 is 0. The van der Waals surface area contributed by atoms with Crippen LogP contribution in [0.1, 0.15) is 0 Å². The lowest BCUT2D eigenvalue weighted by molar-refractivity contribution is -0.367. The molecule has 2 aliphatic heterocycles. The van der Waals surface area contributed by atoms with Crippen molar-refractivity contribution in [1.82, 2.24) is 0 Å². The smallest absolute Gasteiger partial charge is 0.374 e. The highest BCUT2D eigenvalue weighted by molar-refractivity contribution is 5.80. The van der Waals surface area contributed by atoms with Gasteiger partial charge in [0.15, 0.2) is 11.4 Å². The molecule has 0 radical (unpaired) electrons. The number of hydrogen-bond acceptors (Lipinski definition) is 8. The second kappa shape index (κ2) is 5.14. The quantitative estimate of drug-likeness (QED) is 0.493. The monoisotopic (exact) mass is 262 g/mol. The molecule has 0 aliphatic carbocycles.